The first kappa shape index (κ1) is 7.45. The monoisotopic (exact) mass is 188 g/mol. The van der Waals surface area contributed by atoms with Gasteiger partial charge in [0, 0.05) is 0 Å². The van der Waals surface area contributed by atoms with E-state index < -0.39 is 15.7 Å². The zero-order valence-corrected chi connectivity index (χ0v) is 6.50. The van der Waals surface area contributed by atoms with Crippen LogP contribution in [0.15, 0.2) is 0 Å². The highest BCUT2D eigenvalue weighted by atomic mass is 35.6. The number of esters is 1. The largest absolute Gasteiger partial charge is 0.464 e. The van der Waals surface area contributed by atoms with Crippen LogP contribution in [-0.4, -0.2) is 16.4 Å². The Morgan fingerprint density at radius 3 is 2.11 bits per heavy atom. The summed E-state index contributed by atoms with van der Waals surface area (Å²) in [5, 5.41) is 0. The quantitative estimate of drug-likeness (QED) is 0.427. The van der Waals surface area contributed by atoms with Gasteiger partial charge in [-0.2, -0.15) is 0 Å². The highest BCUT2D eigenvalue weighted by Gasteiger charge is 2.46. The molecule has 1 heterocycles. The molecular formula is C4H3Cl3O2. The van der Waals surface area contributed by atoms with E-state index in [9.17, 15) is 4.79 Å². The molecule has 9 heavy (non-hydrogen) atoms. The van der Waals surface area contributed by atoms with E-state index in [2.05, 4.69) is 4.74 Å². The van der Waals surface area contributed by atoms with Crippen molar-refractivity contribution in [2.75, 3.05) is 6.61 Å². The minimum Gasteiger partial charge on any atom is -0.464 e. The summed E-state index contributed by atoms with van der Waals surface area (Å²) in [4.78, 5) is 10.4. The predicted octanol–water partition coefficient (Wildman–Crippen LogP) is 1.53. The summed E-state index contributed by atoms with van der Waals surface area (Å²) in [7, 11) is 0. The molecule has 1 atom stereocenters. The summed E-state index contributed by atoms with van der Waals surface area (Å²) in [6.45, 7) is 0.218. The highest BCUT2D eigenvalue weighted by molar-refractivity contribution is 6.68. The lowest BCUT2D eigenvalue weighted by Gasteiger charge is -2.29. The van der Waals surface area contributed by atoms with Gasteiger partial charge in [0.05, 0.1) is 0 Å². The van der Waals surface area contributed by atoms with E-state index in [1.165, 1.54) is 0 Å². The van der Waals surface area contributed by atoms with Crippen LogP contribution >= 0.6 is 34.8 Å². The first-order valence-corrected chi connectivity index (χ1v) is 3.38. The SMILES string of the molecule is O=C1OCC1C(Cl)(Cl)Cl. The highest BCUT2D eigenvalue weighted by Crippen LogP contribution is 2.39. The number of cyclic esters (lactones) is 1. The van der Waals surface area contributed by atoms with Crippen molar-refractivity contribution in [3.63, 3.8) is 0 Å². The van der Waals surface area contributed by atoms with E-state index in [0.717, 1.165) is 0 Å². The van der Waals surface area contributed by atoms with Crippen molar-refractivity contribution in [2.45, 2.75) is 3.79 Å². The molecule has 1 aliphatic rings. The van der Waals surface area contributed by atoms with Gasteiger partial charge in [-0.15, -0.1) is 0 Å². The molecule has 0 aromatic rings. The maximum absolute atomic E-state index is 10.4. The number of carbonyl (C=O) groups excluding carboxylic acids is 1. The van der Waals surface area contributed by atoms with E-state index >= 15 is 0 Å². The molecule has 52 valence electrons. The Kier molecular flexibility index (Phi) is 1.81. The van der Waals surface area contributed by atoms with E-state index in [1.807, 2.05) is 0 Å². The van der Waals surface area contributed by atoms with Crippen molar-refractivity contribution in [1.29, 1.82) is 0 Å². The number of hydrogen-bond acceptors (Lipinski definition) is 2. The van der Waals surface area contributed by atoms with Crippen LogP contribution in [0, 0.1) is 5.92 Å². The molecular weight excluding hydrogens is 186 g/mol. The summed E-state index contributed by atoms with van der Waals surface area (Å²) < 4.78 is 2.89. The normalized spacial score (nSPS) is 27.0. The molecule has 0 N–H and O–H groups in total. The maximum Gasteiger partial charge on any atom is 0.316 e. The molecule has 0 spiro atoms. The first-order chi connectivity index (χ1) is 4.02. The number of carbonyl (C=O) groups is 1. The number of alkyl halides is 3. The molecule has 0 radical (unpaired) electrons. The third-order valence-electron chi connectivity index (χ3n) is 1.07. The Hall–Kier alpha value is 0.340. The van der Waals surface area contributed by atoms with Gasteiger partial charge in [0.1, 0.15) is 12.5 Å². The molecule has 2 nitrogen and oxygen atoms in total. The minimum absolute atomic E-state index is 0.218. The van der Waals surface area contributed by atoms with Crippen LogP contribution in [0.3, 0.4) is 0 Å². The summed E-state index contributed by atoms with van der Waals surface area (Å²) >= 11 is 16.1. The zero-order valence-electron chi connectivity index (χ0n) is 4.23. The van der Waals surface area contributed by atoms with Crippen molar-refractivity contribution in [1.82, 2.24) is 0 Å². The second kappa shape index (κ2) is 2.19. The van der Waals surface area contributed by atoms with Crippen molar-refractivity contribution in [3.05, 3.63) is 0 Å². The predicted molar refractivity (Wildman–Crippen MR) is 34.7 cm³/mol. The fraction of sp³-hybridized carbons (Fsp3) is 0.750. The summed E-state index contributed by atoms with van der Waals surface area (Å²) in [6, 6.07) is 0. The van der Waals surface area contributed by atoms with Gasteiger partial charge < -0.3 is 4.74 Å². The number of ether oxygens (including phenoxy) is 1. The van der Waals surface area contributed by atoms with Gasteiger partial charge >= 0.3 is 5.97 Å². The molecule has 1 aliphatic heterocycles. The van der Waals surface area contributed by atoms with Crippen LogP contribution in [0.1, 0.15) is 0 Å². The van der Waals surface area contributed by atoms with Gasteiger partial charge in [0.25, 0.3) is 0 Å². The summed E-state index contributed by atoms with van der Waals surface area (Å²) in [5.41, 5.74) is 0. The number of rotatable bonds is 0. The zero-order chi connectivity index (χ0) is 7.07. The van der Waals surface area contributed by atoms with E-state index in [-0.39, 0.29) is 6.61 Å². The summed E-state index contributed by atoms with van der Waals surface area (Å²) in [5.74, 6) is -1.00. The summed E-state index contributed by atoms with van der Waals surface area (Å²) in [6.07, 6.45) is 0. The third-order valence-corrected chi connectivity index (χ3v) is 1.86. The lowest BCUT2D eigenvalue weighted by molar-refractivity contribution is -0.168. The van der Waals surface area contributed by atoms with Crippen molar-refractivity contribution >= 4 is 40.8 Å². The molecule has 0 amide bonds. The van der Waals surface area contributed by atoms with Crippen LogP contribution in [-0.2, 0) is 9.53 Å². The molecule has 1 unspecified atom stereocenters. The molecule has 0 aromatic heterocycles. The second-order valence-corrected chi connectivity index (χ2v) is 4.09. The molecule has 0 saturated carbocycles. The molecule has 0 bridgehead atoms. The van der Waals surface area contributed by atoms with Gasteiger partial charge in [-0.05, 0) is 0 Å². The van der Waals surface area contributed by atoms with Crippen molar-refractivity contribution in [3.8, 4) is 0 Å². The van der Waals surface area contributed by atoms with Gasteiger partial charge in [-0.1, -0.05) is 34.8 Å². The first-order valence-electron chi connectivity index (χ1n) is 2.25. The van der Waals surface area contributed by atoms with Gasteiger partial charge in [-0.25, -0.2) is 0 Å². The van der Waals surface area contributed by atoms with Crippen LogP contribution in [0.4, 0.5) is 0 Å². The molecule has 1 saturated heterocycles. The average molecular weight is 189 g/mol. The van der Waals surface area contributed by atoms with Crippen LogP contribution in [0.25, 0.3) is 0 Å². The Morgan fingerprint density at radius 1 is 1.56 bits per heavy atom. The van der Waals surface area contributed by atoms with Gasteiger partial charge in [0.2, 0.25) is 3.79 Å². The maximum atomic E-state index is 10.4. The Bertz CT molecular complexity index is 139. The molecule has 0 aromatic carbocycles. The van der Waals surface area contributed by atoms with E-state index in [1.54, 1.807) is 0 Å². The Morgan fingerprint density at radius 2 is 2.11 bits per heavy atom. The van der Waals surface area contributed by atoms with Crippen LogP contribution < -0.4 is 0 Å². The van der Waals surface area contributed by atoms with Crippen molar-refractivity contribution < 1.29 is 9.53 Å². The fourth-order valence-electron chi connectivity index (χ4n) is 0.463. The molecule has 0 aliphatic carbocycles. The van der Waals surface area contributed by atoms with E-state index in [0.29, 0.717) is 0 Å². The number of hydrogen-bond donors (Lipinski definition) is 0. The average Bonchev–Trinajstić information content (AvgIpc) is 1.57. The molecule has 5 heteroatoms. The topological polar surface area (TPSA) is 26.3 Å². The third kappa shape index (κ3) is 1.42. The smallest absolute Gasteiger partial charge is 0.316 e. The van der Waals surface area contributed by atoms with Gasteiger partial charge in [0.15, 0.2) is 0 Å². The van der Waals surface area contributed by atoms with Crippen LogP contribution in [0.5, 0.6) is 0 Å². The van der Waals surface area contributed by atoms with Crippen LogP contribution in [0.2, 0.25) is 0 Å². The molecule has 1 fully saturated rings. The Labute approximate surface area is 67.0 Å². The van der Waals surface area contributed by atoms with E-state index in [4.69, 9.17) is 34.8 Å². The Balaban J connectivity index is 2.54. The number of halogens is 3. The van der Waals surface area contributed by atoms with Crippen molar-refractivity contribution in [2.24, 2.45) is 5.92 Å². The minimum atomic E-state index is -1.49. The molecule has 1 rings (SSSR count). The van der Waals surface area contributed by atoms with Gasteiger partial charge in [-0.3, -0.25) is 4.79 Å². The standard InChI is InChI=1S/C4H3Cl3O2/c5-4(6,7)2-1-9-3(2)8/h2H,1H2. The lowest BCUT2D eigenvalue weighted by atomic mass is 10.1. The fourth-order valence-corrected chi connectivity index (χ4v) is 0.919. The lowest BCUT2D eigenvalue weighted by Crippen LogP contribution is -2.43. The second-order valence-electron chi connectivity index (χ2n) is 1.72.